The van der Waals surface area contributed by atoms with Crippen molar-refractivity contribution in [3.8, 4) is 5.75 Å². The largest absolute Gasteiger partial charge is 0.496 e. The summed E-state index contributed by atoms with van der Waals surface area (Å²) in [6.45, 7) is 0. The average molecular weight is 276 g/mol. The molecule has 0 bridgehead atoms. The first-order valence-corrected chi connectivity index (χ1v) is 6.19. The van der Waals surface area contributed by atoms with E-state index in [2.05, 4.69) is 0 Å². The van der Waals surface area contributed by atoms with Gasteiger partial charge in [0, 0.05) is 17.1 Å². The van der Waals surface area contributed by atoms with Crippen molar-refractivity contribution in [1.82, 2.24) is 0 Å². The number of hydrogen-bond donors (Lipinski definition) is 1. The fraction of sp³-hybridized carbons (Fsp3) is 0.133. The van der Waals surface area contributed by atoms with Gasteiger partial charge in [-0.25, -0.2) is 0 Å². The zero-order valence-electron chi connectivity index (χ0n) is 10.5. The number of halogens is 1. The van der Waals surface area contributed by atoms with Gasteiger partial charge < -0.3 is 10.5 Å². The molecule has 0 radical (unpaired) electrons. The maximum Gasteiger partial charge on any atom is 0.171 e. The van der Waals surface area contributed by atoms with E-state index in [9.17, 15) is 4.79 Å². The Hall–Kier alpha value is -2.00. The van der Waals surface area contributed by atoms with E-state index in [4.69, 9.17) is 22.1 Å². The highest BCUT2D eigenvalue weighted by atomic mass is 35.5. The fourth-order valence-electron chi connectivity index (χ4n) is 1.88. The SMILES string of the molecule is COc1ccc(Cl)cc1C(=O)Cc1cccc(N)c1. The van der Waals surface area contributed by atoms with Crippen LogP contribution in [0.4, 0.5) is 5.69 Å². The predicted octanol–water partition coefficient (Wildman–Crippen LogP) is 3.36. The van der Waals surface area contributed by atoms with Crippen LogP contribution < -0.4 is 10.5 Å². The third-order valence-corrected chi connectivity index (χ3v) is 3.01. The minimum Gasteiger partial charge on any atom is -0.496 e. The van der Waals surface area contributed by atoms with Crippen molar-refractivity contribution in [3.05, 3.63) is 58.6 Å². The second-order valence-electron chi connectivity index (χ2n) is 4.19. The van der Waals surface area contributed by atoms with Crippen LogP contribution in [0, 0.1) is 0 Å². The number of ketones is 1. The van der Waals surface area contributed by atoms with Crippen molar-refractivity contribution < 1.29 is 9.53 Å². The van der Waals surface area contributed by atoms with E-state index in [0.717, 1.165) is 5.56 Å². The molecule has 0 spiro atoms. The zero-order chi connectivity index (χ0) is 13.8. The Morgan fingerprint density at radius 1 is 1.26 bits per heavy atom. The minimum absolute atomic E-state index is 0.0510. The van der Waals surface area contributed by atoms with Crippen molar-refractivity contribution in [1.29, 1.82) is 0 Å². The number of hydrogen-bond acceptors (Lipinski definition) is 3. The first-order valence-electron chi connectivity index (χ1n) is 5.81. The summed E-state index contributed by atoms with van der Waals surface area (Å²) in [5.41, 5.74) is 7.69. The molecule has 19 heavy (non-hydrogen) atoms. The molecule has 4 heteroatoms. The number of nitrogens with two attached hydrogens (primary N) is 1. The monoisotopic (exact) mass is 275 g/mol. The molecule has 2 N–H and O–H groups in total. The number of Topliss-reactive ketones (excluding diaryl/α,β-unsaturated/α-hetero) is 1. The molecule has 0 fully saturated rings. The van der Waals surface area contributed by atoms with Crippen molar-refractivity contribution in [2.75, 3.05) is 12.8 Å². The molecular weight excluding hydrogens is 262 g/mol. The van der Waals surface area contributed by atoms with Crippen LogP contribution in [0.15, 0.2) is 42.5 Å². The van der Waals surface area contributed by atoms with Crippen molar-refractivity contribution in [2.24, 2.45) is 0 Å². The summed E-state index contributed by atoms with van der Waals surface area (Å²) in [4.78, 5) is 12.3. The minimum atomic E-state index is -0.0510. The summed E-state index contributed by atoms with van der Waals surface area (Å²) in [5, 5.41) is 0.511. The smallest absolute Gasteiger partial charge is 0.171 e. The maximum atomic E-state index is 12.3. The highest BCUT2D eigenvalue weighted by Gasteiger charge is 2.13. The number of rotatable bonds is 4. The van der Waals surface area contributed by atoms with Crippen LogP contribution in [0.3, 0.4) is 0 Å². The molecule has 0 unspecified atom stereocenters. The first-order chi connectivity index (χ1) is 9.10. The van der Waals surface area contributed by atoms with E-state index < -0.39 is 0 Å². The number of anilines is 1. The maximum absolute atomic E-state index is 12.3. The number of nitrogen functional groups attached to an aromatic ring is 1. The lowest BCUT2D eigenvalue weighted by Crippen LogP contribution is -2.06. The van der Waals surface area contributed by atoms with Gasteiger partial charge in [0.1, 0.15) is 5.75 Å². The number of methoxy groups -OCH3 is 1. The normalized spacial score (nSPS) is 10.2. The Balaban J connectivity index is 2.27. The summed E-state index contributed by atoms with van der Waals surface area (Å²) in [6.07, 6.45) is 0.266. The van der Waals surface area contributed by atoms with Gasteiger partial charge in [-0.15, -0.1) is 0 Å². The topological polar surface area (TPSA) is 52.3 Å². The Morgan fingerprint density at radius 3 is 2.74 bits per heavy atom. The van der Waals surface area contributed by atoms with E-state index in [1.54, 1.807) is 30.3 Å². The highest BCUT2D eigenvalue weighted by Crippen LogP contribution is 2.24. The third kappa shape index (κ3) is 3.26. The van der Waals surface area contributed by atoms with E-state index in [1.165, 1.54) is 7.11 Å². The lowest BCUT2D eigenvalue weighted by atomic mass is 10.0. The number of benzene rings is 2. The van der Waals surface area contributed by atoms with Crippen LogP contribution in [0.2, 0.25) is 5.02 Å². The molecule has 0 aromatic heterocycles. The lowest BCUT2D eigenvalue weighted by molar-refractivity contribution is 0.0990. The van der Waals surface area contributed by atoms with Gasteiger partial charge in [-0.2, -0.15) is 0 Å². The van der Waals surface area contributed by atoms with Gasteiger partial charge in [0.05, 0.1) is 12.7 Å². The molecular formula is C15H14ClNO2. The molecule has 0 amide bonds. The van der Waals surface area contributed by atoms with Crippen LogP contribution in [0.25, 0.3) is 0 Å². The molecule has 0 heterocycles. The van der Waals surface area contributed by atoms with Crippen molar-refractivity contribution in [3.63, 3.8) is 0 Å². The number of ether oxygens (including phenoxy) is 1. The van der Waals surface area contributed by atoms with Gasteiger partial charge in [0.15, 0.2) is 5.78 Å². The molecule has 0 aliphatic heterocycles. The molecule has 0 saturated heterocycles. The summed E-state index contributed by atoms with van der Waals surface area (Å²) in [6, 6.07) is 12.3. The number of carbonyl (C=O) groups is 1. The Morgan fingerprint density at radius 2 is 2.05 bits per heavy atom. The molecule has 0 aliphatic carbocycles. The quantitative estimate of drug-likeness (QED) is 0.688. The summed E-state index contributed by atoms with van der Waals surface area (Å²) >= 11 is 5.92. The van der Waals surface area contributed by atoms with Gasteiger partial charge in [-0.3, -0.25) is 4.79 Å². The van der Waals surface area contributed by atoms with Crippen molar-refractivity contribution in [2.45, 2.75) is 6.42 Å². The van der Waals surface area contributed by atoms with Gasteiger partial charge in [-0.05, 0) is 35.9 Å². The highest BCUT2D eigenvalue weighted by molar-refractivity contribution is 6.31. The summed E-state index contributed by atoms with van der Waals surface area (Å²) in [5.74, 6) is 0.475. The molecule has 2 rings (SSSR count). The van der Waals surface area contributed by atoms with Crippen LogP contribution >= 0.6 is 11.6 Å². The van der Waals surface area contributed by atoms with E-state index in [0.29, 0.717) is 22.0 Å². The standard InChI is InChI=1S/C15H14ClNO2/c1-19-15-6-5-11(16)9-13(15)14(18)8-10-3-2-4-12(17)7-10/h2-7,9H,8,17H2,1H3. The summed E-state index contributed by atoms with van der Waals surface area (Å²) in [7, 11) is 1.53. The van der Waals surface area contributed by atoms with E-state index in [-0.39, 0.29) is 12.2 Å². The molecule has 2 aromatic rings. The third-order valence-electron chi connectivity index (χ3n) is 2.78. The van der Waals surface area contributed by atoms with Crippen LogP contribution in [0.1, 0.15) is 15.9 Å². The van der Waals surface area contributed by atoms with Crippen molar-refractivity contribution >= 4 is 23.1 Å². The first kappa shape index (κ1) is 13.4. The van der Waals surface area contributed by atoms with Gasteiger partial charge >= 0.3 is 0 Å². The van der Waals surface area contributed by atoms with Gasteiger partial charge in [-0.1, -0.05) is 23.7 Å². The Labute approximate surface area is 117 Å². The van der Waals surface area contributed by atoms with Gasteiger partial charge in [0.2, 0.25) is 0 Å². The van der Waals surface area contributed by atoms with Gasteiger partial charge in [0.25, 0.3) is 0 Å². The molecule has 2 aromatic carbocycles. The Bertz CT molecular complexity index is 611. The van der Waals surface area contributed by atoms with Crippen LogP contribution in [-0.2, 0) is 6.42 Å². The second kappa shape index (κ2) is 5.76. The second-order valence-corrected chi connectivity index (χ2v) is 4.63. The zero-order valence-corrected chi connectivity index (χ0v) is 11.3. The fourth-order valence-corrected chi connectivity index (χ4v) is 2.05. The molecule has 0 atom stereocenters. The average Bonchev–Trinajstić information content (AvgIpc) is 2.38. The van der Waals surface area contributed by atoms with E-state index >= 15 is 0 Å². The Kier molecular flexibility index (Phi) is 4.07. The predicted molar refractivity (Wildman–Crippen MR) is 76.9 cm³/mol. The molecule has 3 nitrogen and oxygen atoms in total. The molecule has 98 valence electrons. The lowest BCUT2D eigenvalue weighted by Gasteiger charge is -2.08. The molecule has 0 aliphatic rings. The van der Waals surface area contributed by atoms with E-state index in [1.807, 2.05) is 12.1 Å². The van der Waals surface area contributed by atoms with Crippen LogP contribution in [-0.4, -0.2) is 12.9 Å². The molecule has 0 saturated carbocycles. The number of carbonyl (C=O) groups excluding carboxylic acids is 1. The van der Waals surface area contributed by atoms with Crippen LogP contribution in [0.5, 0.6) is 5.75 Å². The summed E-state index contributed by atoms with van der Waals surface area (Å²) < 4.78 is 5.18.